The van der Waals surface area contributed by atoms with Crippen LogP contribution in [0.15, 0.2) is 34.4 Å². The summed E-state index contributed by atoms with van der Waals surface area (Å²) in [7, 11) is 0. The molecule has 0 spiro atoms. The fraction of sp³-hybridized carbons (Fsp3) is 0.375. The van der Waals surface area contributed by atoms with E-state index >= 15 is 0 Å². The van der Waals surface area contributed by atoms with E-state index in [1.54, 1.807) is 18.7 Å². The lowest BCUT2D eigenvalue weighted by Crippen LogP contribution is -2.44. The Morgan fingerprint density at radius 1 is 1.36 bits per heavy atom. The van der Waals surface area contributed by atoms with E-state index < -0.39 is 0 Å². The van der Waals surface area contributed by atoms with E-state index in [9.17, 15) is 9.59 Å². The van der Waals surface area contributed by atoms with Gasteiger partial charge in [0.05, 0.1) is 18.7 Å². The minimum Gasteiger partial charge on any atom is -0.463 e. The van der Waals surface area contributed by atoms with Crippen LogP contribution < -0.4 is 10.6 Å². The molecular weight excluding hydrogens is 300 g/mol. The van der Waals surface area contributed by atoms with Crippen molar-refractivity contribution in [2.75, 3.05) is 18.9 Å². The van der Waals surface area contributed by atoms with Crippen molar-refractivity contribution >= 4 is 23.8 Å². The number of thioether (sulfide) groups is 1. The van der Waals surface area contributed by atoms with Crippen LogP contribution in [0.25, 0.3) is 0 Å². The second kappa shape index (κ2) is 7.35. The van der Waals surface area contributed by atoms with Gasteiger partial charge in [-0.1, -0.05) is 17.7 Å². The first-order valence-electron chi connectivity index (χ1n) is 7.15. The van der Waals surface area contributed by atoms with Crippen molar-refractivity contribution < 1.29 is 14.3 Å². The summed E-state index contributed by atoms with van der Waals surface area (Å²) in [5.74, 6) is 0.137. The molecule has 1 aromatic rings. The predicted octanol–water partition coefficient (Wildman–Crippen LogP) is 2.53. The number of carbonyl (C=O) groups is 2. The Labute approximate surface area is 134 Å². The smallest absolute Gasteiger partial charge is 0.337 e. The van der Waals surface area contributed by atoms with Crippen molar-refractivity contribution in [3.05, 3.63) is 40.6 Å². The number of amides is 2. The van der Waals surface area contributed by atoms with Crippen molar-refractivity contribution in [2.45, 2.75) is 25.7 Å². The first kappa shape index (κ1) is 16.4. The van der Waals surface area contributed by atoms with Gasteiger partial charge in [-0.25, -0.2) is 9.59 Å². The normalized spacial score (nSPS) is 14.4. The van der Waals surface area contributed by atoms with E-state index in [1.807, 2.05) is 13.8 Å². The number of urea groups is 1. The summed E-state index contributed by atoms with van der Waals surface area (Å²) in [6, 6.07) is 5.95. The maximum absolute atomic E-state index is 12.0. The minimum atomic E-state index is -0.383. The molecule has 2 rings (SSSR count). The zero-order chi connectivity index (χ0) is 16.1. The van der Waals surface area contributed by atoms with Gasteiger partial charge < -0.3 is 15.4 Å². The zero-order valence-corrected chi connectivity index (χ0v) is 13.8. The van der Waals surface area contributed by atoms with E-state index in [4.69, 9.17) is 4.74 Å². The summed E-state index contributed by atoms with van der Waals surface area (Å²) < 4.78 is 5.04. The SMILES string of the molecule is CCOC(=O)C1=C(CSc2cc(C)ccc2C)NC(=O)NC1. The minimum absolute atomic E-state index is 0.202. The first-order valence-corrected chi connectivity index (χ1v) is 8.14. The van der Waals surface area contributed by atoms with Gasteiger partial charge in [-0.15, -0.1) is 11.8 Å². The second-order valence-corrected chi connectivity index (χ2v) is 6.06. The number of esters is 1. The highest BCUT2D eigenvalue weighted by Crippen LogP contribution is 2.26. The molecule has 1 aliphatic rings. The van der Waals surface area contributed by atoms with Crippen LogP contribution >= 0.6 is 11.8 Å². The molecule has 0 aliphatic carbocycles. The van der Waals surface area contributed by atoms with Crippen molar-refractivity contribution in [1.82, 2.24) is 10.6 Å². The Morgan fingerprint density at radius 2 is 2.14 bits per heavy atom. The highest BCUT2D eigenvalue weighted by atomic mass is 32.2. The Bertz CT molecular complexity index is 626. The third-order valence-electron chi connectivity index (χ3n) is 3.29. The monoisotopic (exact) mass is 320 g/mol. The lowest BCUT2D eigenvalue weighted by atomic mass is 10.2. The molecule has 2 amide bonds. The standard InChI is InChI=1S/C16H20N2O3S/c1-4-21-15(19)12-8-17-16(20)18-13(12)9-22-14-7-10(2)5-6-11(14)3/h5-7H,4,8-9H2,1-3H3,(H2,17,18,20). The molecule has 5 nitrogen and oxygen atoms in total. The highest BCUT2D eigenvalue weighted by Gasteiger charge is 2.23. The lowest BCUT2D eigenvalue weighted by Gasteiger charge is -2.21. The van der Waals surface area contributed by atoms with Crippen LogP contribution in [0.1, 0.15) is 18.1 Å². The van der Waals surface area contributed by atoms with Gasteiger partial charge in [0.25, 0.3) is 0 Å². The number of carbonyl (C=O) groups excluding carboxylic acids is 2. The fourth-order valence-electron chi connectivity index (χ4n) is 2.08. The molecule has 0 saturated heterocycles. The third kappa shape index (κ3) is 4.04. The van der Waals surface area contributed by atoms with Crippen LogP contribution in [-0.4, -0.2) is 30.9 Å². The summed E-state index contributed by atoms with van der Waals surface area (Å²) in [6.07, 6.45) is 0. The third-order valence-corrected chi connectivity index (χ3v) is 4.48. The molecule has 0 radical (unpaired) electrons. The van der Waals surface area contributed by atoms with Gasteiger partial charge in [-0.05, 0) is 32.4 Å². The maximum atomic E-state index is 12.0. The molecule has 0 fully saturated rings. The average molecular weight is 320 g/mol. The maximum Gasteiger partial charge on any atom is 0.337 e. The molecule has 6 heteroatoms. The molecule has 1 aromatic carbocycles. The quantitative estimate of drug-likeness (QED) is 0.646. The van der Waals surface area contributed by atoms with Crippen molar-refractivity contribution in [3.8, 4) is 0 Å². The molecule has 0 bridgehead atoms. The Morgan fingerprint density at radius 3 is 2.86 bits per heavy atom. The van der Waals surface area contributed by atoms with Crippen LogP contribution in [0.3, 0.4) is 0 Å². The van der Waals surface area contributed by atoms with Gasteiger partial charge in [-0.3, -0.25) is 0 Å². The summed E-state index contributed by atoms with van der Waals surface area (Å²) in [6.45, 7) is 6.36. The molecule has 0 saturated carbocycles. The van der Waals surface area contributed by atoms with Crippen LogP contribution in [0.4, 0.5) is 4.79 Å². The molecule has 0 atom stereocenters. The highest BCUT2D eigenvalue weighted by molar-refractivity contribution is 7.99. The lowest BCUT2D eigenvalue weighted by molar-refractivity contribution is -0.138. The van der Waals surface area contributed by atoms with Gasteiger partial charge in [0.2, 0.25) is 0 Å². The number of benzene rings is 1. The molecule has 1 heterocycles. The molecule has 1 aliphatic heterocycles. The summed E-state index contributed by atoms with van der Waals surface area (Å²) >= 11 is 1.60. The van der Waals surface area contributed by atoms with E-state index in [-0.39, 0.29) is 18.5 Å². The Kier molecular flexibility index (Phi) is 5.49. The van der Waals surface area contributed by atoms with Crippen molar-refractivity contribution in [1.29, 1.82) is 0 Å². The molecule has 0 unspecified atom stereocenters. The van der Waals surface area contributed by atoms with Crippen LogP contribution in [0.5, 0.6) is 0 Å². The van der Waals surface area contributed by atoms with Gasteiger partial charge >= 0.3 is 12.0 Å². The summed E-state index contributed by atoms with van der Waals surface area (Å²) in [5, 5.41) is 5.32. The van der Waals surface area contributed by atoms with Crippen molar-refractivity contribution in [3.63, 3.8) is 0 Å². The Balaban J connectivity index is 2.17. The average Bonchev–Trinajstić information content (AvgIpc) is 2.48. The van der Waals surface area contributed by atoms with Gasteiger partial charge in [0, 0.05) is 16.3 Å². The van der Waals surface area contributed by atoms with Crippen LogP contribution in [0, 0.1) is 13.8 Å². The Hall–Kier alpha value is -1.95. The first-order chi connectivity index (χ1) is 10.5. The second-order valence-electron chi connectivity index (χ2n) is 5.04. The number of hydrogen-bond donors (Lipinski definition) is 2. The molecule has 2 N–H and O–H groups in total. The number of nitrogens with one attached hydrogen (secondary N) is 2. The van der Waals surface area contributed by atoms with E-state index in [0.717, 1.165) is 4.90 Å². The number of rotatable bonds is 5. The van der Waals surface area contributed by atoms with Gasteiger partial charge in [-0.2, -0.15) is 0 Å². The van der Waals surface area contributed by atoms with E-state index in [0.29, 0.717) is 23.6 Å². The predicted molar refractivity (Wildman–Crippen MR) is 86.8 cm³/mol. The van der Waals surface area contributed by atoms with E-state index in [2.05, 4.69) is 28.8 Å². The summed E-state index contributed by atoms with van der Waals surface area (Å²) in [4.78, 5) is 24.6. The van der Waals surface area contributed by atoms with Gasteiger partial charge in [0.1, 0.15) is 0 Å². The number of hydrogen-bond acceptors (Lipinski definition) is 4. The van der Waals surface area contributed by atoms with Crippen LogP contribution in [0.2, 0.25) is 0 Å². The topological polar surface area (TPSA) is 67.4 Å². The molecule has 0 aromatic heterocycles. The van der Waals surface area contributed by atoms with Gasteiger partial charge in [0.15, 0.2) is 0 Å². The molecule has 22 heavy (non-hydrogen) atoms. The number of ether oxygens (including phenoxy) is 1. The zero-order valence-electron chi connectivity index (χ0n) is 13.0. The van der Waals surface area contributed by atoms with E-state index in [1.165, 1.54) is 11.1 Å². The summed E-state index contributed by atoms with van der Waals surface area (Å²) in [5.41, 5.74) is 3.46. The van der Waals surface area contributed by atoms with Crippen molar-refractivity contribution in [2.24, 2.45) is 0 Å². The molecular formula is C16H20N2O3S. The number of aryl methyl sites for hydroxylation is 2. The molecule has 118 valence electrons. The fourth-order valence-corrected chi connectivity index (χ4v) is 3.19. The largest absolute Gasteiger partial charge is 0.463 e. The van der Waals surface area contributed by atoms with Crippen LogP contribution in [-0.2, 0) is 9.53 Å².